The van der Waals surface area contributed by atoms with Crippen LogP contribution >= 0.6 is 7.82 Å². The van der Waals surface area contributed by atoms with Crippen molar-refractivity contribution in [2.24, 2.45) is 0 Å². The Hall–Kier alpha value is 1.26. The molecule has 0 rings (SSSR count). The molecule has 0 aromatic carbocycles. The van der Waals surface area contributed by atoms with Crippen LogP contribution in [0, 0.1) is 0 Å². The summed E-state index contributed by atoms with van der Waals surface area (Å²) in [5, 5.41) is 0. The van der Waals surface area contributed by atoms with Crippen LogP contribution in [0.5, 0.6) is 0 Å². The molecule has 0 unspecified atom stereocenters. The normalized spacial score (nSPS) is 6.18. The summed E-state index contributed by atoms with van der Waals surface area (Å²) in [5.74, 6) is 0. The summed E-state index contributed by atoms with van der Waals surface area (Å²) < 4.78 is 33.1. The average Bonchev–Trinajstić information content (AvgIpc) is 1.96. The molecule has 62 valence electrons. The number of rotatable bonds is 0. The fourth-order valence-corrected chi connectivity index (χ4v) is 0. The molecular weight excluding hydrogens is 296 g/mol. The number of phosphoric acid groups is 1. The molecule has 0 saturated carbocycles. The van der Waals surface area contributed by atoms with Crippen LogP contribution < -0.4 is 14.7 Å². The standard InChI is InChI=1S/H3O4P.3O.3V/c1-5(2,3)4;;;;;;/h(H3,1,2,3,4);;;;;;/q;;;;3*+1/p-3. The van der Waals surface area contributed by atoms with Crippen molar-refractivity contribution in [3.05, 3.63) is 0 Å². The SMILES string of the molecule is O=P([O-])([O-])[O-].[O]=[V+].[O]=[V+].[O]=[V+]. The molecule has 0 aliphatic carbocycles. The van der Waals surface area contributed by atoms with E-state index >= 15 is 0 Å². The van der Waals surface area contributed by atoms with Crippen molar-refractivity contribution in [1.82, 2.24) is 0 Å². The van der Waals surface area contributed by atoms with Gasteiger partial charge in [0.25, 0.3) is 0 Å². The molecule has 0 saturated heterocycles. The Balaban J connectivity index is -0.0000000350. The van der Waals surface area contributed by atoms with Crippen molar-refractivity contribution in [3.8, 4) is 0 Å². The van der Waals surface area contributed by atoms with Gasteiger partial charge in [-0.3, -0.25) is 0 Å². The molecule has 0 N–H and O–H groups in total. The van der Waals surface area contributed by atoms with Crippen LogP contribution in [0.25, 0.3) is 0 Å². The first-order valence-electron chi connectivity index (χ1n) is 1.28. The first kappa shape index (κ1) is 22.8. The van der Waals surface area contributed by atoms with E-state index in [1.54, 1.807) is 0 Å². The topological polar surface area (TPSA) is 137 Å². The van der Waals surface area contributed by atoms with E-state index in [0.29, 0.717) is 0 Å². The second-order valence-electron chi connectivity index (χ2n) is 0.447. The Bertz CT molecular complexity index is 84.8. The summed E-state index contributed by atoms with van der Waals surface area (Å²) in [6, 6.07) is 0. The van der Waals surface area contributed by atoms with E-state index < -0.39 is 7.82 Å². The Morgan fingerprint density at radius 2 is 0.727 bits per heavy atom. The van der Waals surface area contributed by atoms with E-state index in [9.17, 15) is 0 Å². The first-order valence-corrected chi connectivity index (χ1v) is 4.45. The zero-order valence-corrected chi connectivity index (χ0v) is 9.73. The van der Waals surface area contributed by atoms with Crippen LogP contribution in [-0.4, -0.2) is 0 Å². The summed E-state index contributed by atoms with van der Waals surface area (Å²) in [7, 11) is -5.39. The van der Waals surface area contributed by atoms with E-state index in [0.717, 1.165) is 52.1 Å². The molecule has 7 nitrogen and oxygen atoms in total. The minimum atomic E-state index is -5.39. The van der Waals surface area contributed by atoms with Crippen molar-refractivity contribution in [2.45, 2.75) is 0 Å². The van der Waals surface area contributed by atoms with E-state index in [-0.39, 0.29) is 0 Å². The maximum absolute atomic E-state index is 8.55. The molecule has 0 bridgehead atoms. The zero-order chi connectivity index (χ0) is 10.5. The molecule has 0 amide bonds. The van der Waals surface area contributed by atoms with Crippen molar-refractivity contribution < 1.29 is 82.4 Å². The van der Waals surface area contributed by atoms with Gasteiger partial charge in [-0.2, -0.15) is 7.82 Å². The molecule has 0 aromatic heterocycles. The third kappa shape index (κ3) is 606. The molecule has 0 aliphatic heterocycles. The first-order chi connectivity index (χ1) is 5.00. The second kappa shape index (κ2) is 22.5. The van der Waals surface area contributed by atoms with Gasteiger partial charge < -0.3 is 19.2 Å². The van der Waals surface area contributed by atoms with Crippen molar-refractivity contribution >= 4 is 7.82 Å². The molecule has 0 fully saturated rings. The number of hydrogen-bond acceptors (Lipinski definition) is 7. The van der Waals surface area contributed by atoms with Gasteiger partial charge >= 0.3 is 63.1 Å². The van der Waals surface area contributed by atoms with Gasteiger partial charge in [-0.1, -0.05) is 0 Å². The van der Waals surface area contributed by atoms with Gasteiger partial charge in [-0.05, 0) is 0 Å². The van der Waals surface area contributed by atoms with Gasteiger partial charge in [0.1, 0.15) is 0 Å². The van der Waals surface area contributed by atoms with Gasteiger partial charge in [-0.15, -0.1) is 0 Å². The van der Waals surface area contributed by atoms with Crippen molar-refractivity contribution in [1.29, 1.82) is 0 Å². The minimum absolute atomic E-state index is 1.06. The Morgan fingerprint density at radius 1 is 0.727 bits per heavy atom. The Kier molecular flexibility index (Phi) is 46.6. The van der Waals surface area contributed by atoms with Gasteiger partial charge in [0, 0.05) is 0 Å². The fourth-order valence-electron chi connectivity index (χ4n) is 0. The zero-order valence-electron chi connectivity index (χ0n) is 4.65. The molecule has 0 radical (unpaired) electrons. The summed E-state index contributed by atoms with van der Waals surface area (Å²) in [6.45, 7) is 0. The van der Waals surface area contributed by atoms with Crippen molar-refractivity contribution in [2.75, 3.05) is 0 Å². The van der Waals surface area contributed by atoms with E-state index in [2.05, 4.69) is 0 Å². The average molecular weight is 296 g/mol. The molecule has 0 heterocycles. The monoisotopic (exact) mass is 296 g/mol. The van der Waals surface area contributed by atoms with Crippen LogP contribution in [0.15, 0.2) is 0 Å². The molecule has 0 atom stereocenters. The maximum atomic E-state index is 8.55. The van der Waals surface area contributed by atoms with E-state index in [1.807, 2.05) is 0 Å². The number of hydrogen-bond donors (Lipinski definition) is 0. The molecule has 0 aromatic rings. The summed E-state index contributed by atoms with van der Waals surface area (Å²) in [6.07, 6.45) is 0. The summed E-state index contributed by atoms with van der Waals surface area (Å²) in [4.78, 5) is 25.6. The van der Waals surface area contributed by atoms with Crippen LogP contribution in [0.3, 0.4) is 0 Å². The van der Waals surface area contributed by atoms with E-state index in [4.69, 9.17) is 30.3 Å². The van der Waals surface area contributed by atoms with Gasteiger partial charge in [0.2, 0.25) is 0 Å². The molecular formula is O7PV3. The molecule has 11 heteroatoms. The van der Waals surface area contributed by atoms with Crippen LogP contribution in [0.4, 0.5) is 0 Å². The molecule has 0 spiro atoms. The van der Waals surface area contributed by atoms with Crippen LogP contribution in [0.2, 0.25) is 0 Å². The Labute approximate surface area is 89.8 Å². The Morgan fingerprint density at radius 3 is 0.727 bits per heavy atom. The fraction of sp³-hybridized carbons (Fsp3) is 0. The predicted molar refractivity (Wildman–Crippen MR) is 9.67 cm³/mol. The van der Waals surface area contributed by atoms with Gasteiger partial charge in [0.05, 0.1) is 0 Å². The summed E-state index contributed by atoms with van der Waals surface area (Å²) in [5.41, 5.74) is 0. The second-order valence-corrected chi connectivity index (χ2v) is 1.34. The van der Waals surface area contributed by atoms with E-state index in [1.165, 1.54) is 0 Å². The van der Waals surface area contributed by atoms with Crippen molar-refractivity contribution in [3.63, 3.8) is 0 Å². The van der Waals surface area contributed by atoms with Crippen LogP contribution in [-0.2, 0) is 67.7 Å². The summed E-state index contributed by atoms with van der Waals surface area (Å²) >= 11 is 3.19. The quantitative estimate of drug-likeness (QED) is 0.429. The third-order valence-corrected chi connectivity index (χ3v) is 0. The molecule has 0 aliphatic rings. The third-order valence-electron chi connectivity index (χ3n) is 0. The van der Waals surface area contributed by atoms with Gasteiger partial charge in [0.15, 0.2) is 0 Å². The van der Waals surface area contributed by atoms with Crippen LogP contribution in [0.1, 0.15) is 0 Å². The predicted octanol–water partition coefficient (Wildman–Crippen LogP) is -3.19. The van der Waals surface area contributed by atoms with Gasteiger partial charge in [-0.25, -0.2) is 0 Å². The molecule has 11 heavy (non-hydrogen) atoms.